The maximum absolute atomic E-state index is 12.8. The van der Waals surface area contributed by atoms with Crippen LogP contribution >= 0.6 is 18.7 Å². The Morgan fingerprint density at radius 1 is 0.976 bits per heavy atom. The summed E-state index contributed by atoms with van der Waals surface area (Å²) in [6.45, 7) is 11.8. The third-order valence-electron chi connectivity index (χ3n) is 7.78. The van der Waals surface area contributed by atoms with Gasteiger partial charge in [-0.05, 0) is 38.6 Å². The monoisotopic (exact) mass is 598 g/mol. The quantitative estimate of drug-likeness (QED) is 0.374. The molecule has 2 saturated heterocycles. The van der Waals surface area contributed by atoms with Gasteiger partial charge in [-0.15, -0.1) is 0 Å². The van der Waals surface area contributed by atoms with Gasteiger partial charge < -0.3 is 30.2 Å². The lowest BCUT2D eigenvalue weighted by Crippen LogP contribution is -2.58. The van der Waals surface area contributed by atoms with Crippen molar-refractivity contribution in [3.63, 3.8) is 0 Å². The first-order valence-corrected chi connectivity index (χ1v) is 16.9. The molecule has 12 heteroatoms. The standard InChI is InChI=1S/C29H40ClN8O2P/c1-35-11-15-37(16-12-35)38-17-13-36(14-18-38)22-10-9-21(24(20-22)40-2)19-26-33-28(31)27(30)29(34-26)32-23-7-5-6-8-25(23)41(3,4)39/h5-10,20H,11-19H2,1-4H3,(H3,31,32,33,34). The van der Waals surface area contributed by atoms with E-state index >= 15 is 0 Å². The van der Waals surface area contributed by atoms with Crippen LogP contribution in [0.3, 0.4) is 0 Å². The van der Waals surface area contributed by atoms with Gasteiger partial charge in [0.15, 0.2) is 5.82 Å². The molecule has 2 aliphatic rings. The largest absolute Gasteiger partial charge is 0.496 e. The number of aromatic nitrogens is 2. The molecule has 10 nitrogen and oxygen atoms in total. The van der Waals surface area contributed by atoms with Gasteiger partial charge in [0.25, 0.3) is 0 Å². The van der Waals surface area contributed by atoms with Crippen molar-refractivity contribution in [2.45, 2.75) is 6.42 Å². The Bertz CT molecular complexity index is 1420. The number of nitrogen functional groups attached to an aromatic ring is 1. The molecule has 0 amide bonds. The number of nitrogens with two attached hydrogens (primary N) is 1. The van der Waals surface area contributed by atoms with Crippen LogP contribution in [-0.2, 0) is 11.0 Å². The van der Waals surface area contributed by atoms with Crippen molar-refractivity contribution < 1.29 is 9.30 Å². The van der Waals surface area contributed by atoms with Crippen molar-refractivity contribution in [1.82, 2.24) is 24.9 Å². The van der Waals surface area contributed by atoms with Crippen molar-refractivity contribution in [2.24, 2.45) is 0 Å². The SMILES string of the molecule is COc1cc(N2CCN(N3CCN(C)CC3)CC2)ccc1Cc1nc(N)c(Cl)c(Nc2ccccc2P(C)(C)=O)n1. The van der Waals surface area contributed by atoms with Crippen molar-refractivity contribution in [3.05, 3.63) is 58.9 Å². The summed E-state index contributed by atoms with van der Waals surface area (Å²) in [6, 6.07) is 13.7. The fourth-order valence-electron chi connectivity index (χ4n) is 5.41. The average Bonchev–Trinajstić information content (AvgIpc) is 2.96. The Kier molecular flexibility index (Phi) is 9.06. The molecule has 2 aromatic carbocycles. The number of hydrogen-bond donors (Lipinski definition) is 2. The number of hydrogen-bond acceptors (Lipinski definition) is 10. The van der Waals surface area contributed by atoms with Gasteiger partial charge in [-0.3, -0.25) is 0 Å². The summed E-state index contributed by atoms with van der Waals surface area (Å²) in [5.74, 6) is 1.85. The number of nitrogens with one attached hydrogen (secondary N) is 1. The molecule has 3 heterocycles. The van der Waals surface area contributed by atoms with Gasteiger partial charge in [-0.25, -0.2) is 20.0 Å². The second-order valence-corrected chi connectivity index (χ2v) is 14.6. The smallest absolute Gasteiger partial charge is 0.155 e. The Labute approximate surface area is 247 Å². The van der Waals surface area contributed by atoms with Gasteiger partial charge in [0.2, 0.25) is 0 Å². The summed E-state index contributed by atoms with van der Waals surface area (Å²) in [5.41, 5.74) is 8.97. The molecule has 0 saturated carbocycles. The molecule has 41 heavy (non-hydrogen) atoms. The zero-order valence-electron chi connectivity index (χ0n) is 24.3. The van der Waals surface area contributed by atoms with E-state index in [2.05, 4.69) is 60.3 Å². The van der Waals surface area contributed by atoms with Crippen LogP contribution < -0.4 is 26.0 Å². The van der Waals surface area contributed by atoms with Crippen molar-refractivity contribution >= 4 is 47.1 Å². The van der Waals surface area contributed by atoms with E-state index in [4.69, 9.17) is 22.1 Å². The summed E-state index contributed by atoms with van der Waals surface area (Å²) in [7, 11) is 1.34. The Morgan fingerprint density at radius 2 is 1.63 bits per heavy atom. The van der Waals surface area contributed by atoms with Crippen LogP contribution in [0.2, 0.25) is 5.02 Å². The molecule has 1 aromatic heterocycles. The van der Waals surface area contributed by atoms with Gasteiger partial charge in [0, 0.05) is 81.4 Å². The first-order chi connectivity index (χ1) is 19.6. The minimum atomic E-state index is -2.53. The Morgan fingerprint density at radius 3 is 2.29 bits per heavy atom. The highest BCUT2D eigenvalue weighted by molar-refractivity contribution is 7.70. The van der Waals surface area contributed by atoms with E-state index in [0.717, 1.165) is 74.7 Å². The van der Waals surface area contributed by atoms with Crippen LogP contribution in [0.1, 0.15) is 11.4 Å². The molecular formula is C29H40ClN8O2P. The predicted octanol–water partition coefficient (Wildman–Crippen LogP) is 3.59. The lowest BCUT2D eigenvalue weighted by atomic mass is 10.1. The van der Waals surface area contributed by atoms with Crippen LogP contribution in [0.4, 0.5) is 23.0 Å². The maximum Gasteiger partial charge on any atom is 0.155 e. The summed E-state index contributed by atoms with van der Waals surface area (Å²) in [5, 5.41) is 9.19. The number of piperazine rings is 2. The topological polar surface area (TPSA) is 103 Å². The maximum atomic E-state index is 12.8. The first-order valence-electron chi connectivity index (χ1n) is 14.0. The van der Waals surface area contributed by atoms with Crippen LogP contribution in [0.5, 0.6) is 5.75 Å². The highest BCUT2D eigenvalue weighted by atomic mass is 35.5. The summed E-state index contributed by atoms with van der Waals surface area (Å²) < 4.78 is 18.6. The summed E-state index contributed by atoms with van der Waals surface area (Å²) in [6.07, 6.45) is 0.415. The predicted molar refractivity (Wildman–Crippen MR) is 169 cm³/mol. The number of methoxy groups -OCH3 is 1. The Hall–Kier alpha value is -2.88. The third-order valence-corrected chi connectivity index (χ3v) is 9.70. The molecule has 0 atom stereocenters. The molecule has 2 fully saturated rings. The molecule has 0 unspecified atom stereocenters. The molecular weight excluding hydrogens is 559 g/mol. The molecule has 0 aliphatic carbocycles. The number of halogens is 1. The number of para-hydroxylation sites is 1. The average molecular weight is 599 g/mol. The van der Waals surface area contributed by atoms with E-state index in [1.807, 2.05) is 24.3 Å². The zero-order chi connectivity index (χ0) is 29.1. The lowest BCUT2D eigenvalue weighted by Gasteiger charge is -2.44. The molecule has 0 radical (unpaired) electrons. The molecule has 3 aromatic rings. The molecule has 0 spiro atoms. The van der Waals surface area contributed by atoms with Crippen LogP contribution in [0, 0.1) is 0 Å². The van der Waals surface area contributed by atoms with Crippen molar-refractivity contribution in [2.75, 3.05) is 95.8 Å². The van der Waals surface area contributed by atoms with Gasteiger partial charge in [0.05, 0.1) is 12.8 Å². The van der Waals surface area contributed by atoms with E-state index in [9.17, 15) is 4.57 Å². The lowest BCUT2D eigenvalue weighted by molar-refractivity contribution is -0.0564. The molecule has 5 rings (SSSR count). The van der Waals surface area contributed by atoms with Gasteiger partial charge >= 0.3 is 0 Å². The van der Waals surface area contributed by atoms with Crippen LogP contribution in [0.15, 0.2) is 42.5 Å². The van der Waals surface area contributed by atoms with Crippen molar-refractivity contribution in [1.29, 1.82) is 0 Å². The minimum absolute atomic E-state index is 0.182. The van der Waals surface area contributed by atoms with Gasteiger partial charge in [-0.1, -0.05) is 29.8 Å². The van der Waals surface area contributed by atoms with E-state index in [-0.39, 0.29) is 10.8 Å². The van der Waals surface area contributed by atoms with Crippen molar-refractivity contribution in [3.8, 4) is 5.75 Å². The number of rotatable bonds is 8. The second-order valence-electron chi connectivity index (χ2n) is 11.1. The number of hydrazine groups is 1. The van der Waals surface area contributed by atoms with Gasteiger partial charge in [-0.2, -0.15) is 0 Å². The number of anilines is 4. The number of ether oxygens (including phenoxy) is 1. The highest BCUT2D eigenvalue weighted by Crippen LogP contribution is 2.39. The molecule has 0 bridgehead atoms. The third kappa shape index (κ3) is 6.96. The van der Waals surface area contributed by atoms with E-state index in [1.54, 1.807) is 20.4 Å². The molecule has 3 N–H and O–H groups in total. The highest BCUT2D eigenvalue weighted by Gasteiger charge is 2.25. The summed E-state index contributed by atoms with van der Waals surface area (Å²) >= 11 is 6.50. The van der Waals surface area contributed by atoms with E-state index in [1.165, 1.54) is 0 Å². The second kappa shape index (κ2) is 12.5. The first kappa shape index (κ1) is 29.6. The Balaban J connectivity index is 1.30. The number of benzene rings is 2. The zero-order valence-corrected chi connectivity index (χ0v) is 26.0. The van der Waals surface area contributed by atoms with Crippen LogP contribution in [-0.4, -0.2) is 105 Å². The summed E-state index contributed by atoms with van der Waals surface area (Å²) in [4.78, 5) is 13.9. The van der Waals surface area contributed by atoms with E-state index < -0.39 is 7.14 Å². The fraction of sp³-hybridized carbons (Fsp3) is 0.448. The fourth-order valence-corrected chi connectivity index (χ4v) is 6.70. The molecule has 220 valence electrons. The van der Waals surface area contributed by atoms with E-state index in [0.29, 0.717) is 23.8 Å². The van der Waals surface area contributed by atoms with Crippen LogP contribution in [0.25, 0.3) is 0 Å². The number of nitrogens with zero attached hydrogens (tertiary/aromatic N) is 6. The number of likely N-dealkylation sites (N-methyl/N-ethyl adjacent to an activating group) is 1. The normalized spacial score (nSPS) is 17.5. The minimum Gasteiger partial charge on any atom is -0.496 e. The van der Waals surface area contributed by atoms with Gasteiger partial charge in [0.1, 0.15) is 29.6 Å². The molecule has 2 aliphatic heterocycles.